The van der Waals surface area contributed by atoms with Gasteiger partial charge in [-0.05, 0) is 56.9 Å². The van der Waals surface area contributed by atoms with Crippen LogP contribution in [0.15, 0.2) is 18.2 Å². The van der Waals surface area contributed by atoms with Crippen LogP contribution in [0.3, 0.4) is 0 Å². The maximum atomic E-state index is 12.1. The Hall–Kier alpha value is -1.55. The first kappa shape index (κ1) is 17.5. The van der Waals surface area contributed by atoms with Crippen molar-refractivity contribution in [2.75, 3.05) is 23.3 Å². The van der Waals surface area contributed by atoms with Crippen molar-refractivity contribution >= 4 is 17.3 Å². The quantitative estimate of drug-likeness (QED) is 0.811. The van der Waals surface area contributed by atoms with Gasteiger partial charge in [0.25, 0.3) is 0 Å². The van der Waals surface area contributed by atoms with Gasteiger partial charge in [0.1, 0.15) is 0 Å². The van der Waals surface area contributed by atoms with E-state index < -0.39 is 6.04 Å². The summed E-state index contributed by atoms with van der Waals surface area (Å²) in [6.07, 6.45) is 0.697. The fourth-order valence-corrected chi connectivity index (χ4v) is 2.41. The third-order valence-electron chi connectivity index (χ3n) is 3.66. The van der Waals surface area contributed by atoms with Gasteiger partial charge in [0.2, 0.25) is 5.91 Å². The number of benzene rings is 1. The number of nitrogens with one attached hydrogen (secondary N) is 1. The third kappa shape index (κ3) is 5.05. The third-order valence-corrected chi connectivity index (χ3v) is 3.66. The van der Waals surface area contributed by atoms with Crippen molar-refractivity contribution in [3.8, 4) is 0 Å². The van der Waals surface area contributed by atoms with Crippen LogP contribution in [0.5, 0.6) is 0 Å². The molecule has 0 radical (unpaired) electrons. The lowest BCUT2D eigenvalue weighted by molar-refractivity contribution is -0.117. The summed E-state index contributed by atoms with van der Waals surface area (Å²) in [4.78, 5) is 14.4. The van der Waals surface area contributed by atoms with Crippen LogP contribution < -0.4 is 16.0 Å². The van der Waals surface area contributed by atoms with Gasteiger partial charge < -0.3 is 16.0 Å². The number of nitrogens with two attached hydrogens (primary N) is 1. The Morgan fingerprint density at radius 1 is 1.29 bits per heavy atom. The molecule has 0 saturated heterocycles. The molecule has 3 N–H and O–H groups in total. The molecule has 21 heavy (non-hydrogen) atoms. The van der Waals surface area contributed by atoms with Crippen LogP contribution in [0.2, 0.25) is 0 Å². The van der Waals surface area contributed by atoms with Crippen molar-refractivity contribution in [2.45, 2.75) is 47.1 Å². The summed E-state index contributed by atoms with van der Waals surface area (Å²) < 4.78 is 0. The number of hydrogen-bond donors (Lipinski definition) is 2. The highest BCUT2D eigenvalue weighted by atomic mass is 16.2. The fraction of sp³-hybridized carbons (Fsp3) is 0.588. The highest BCUT2D eigenvalue weighted by Gasteiger charge is 2.16. The number of anilines is 2. The molecule has 0 spiro atoms. The number of carbonyl (C=O) groups excluding carboxylic acids is 1. The van der Waals surface area contributed by atoms with Crippen LogP contribution in [0, 0.1) is 12.8 Å². The number of carbonyl (C=O) groups is 1. The van der Waals surface area contributed by atoms with Crippen molar-refractivity contribution in [3.63, 3.8) is 0 Å². The summed E-state index contributed by atoms with van der Waals surface area (Å²) in [5.74, 6) is 0.305. The molecule has 118 valence electrons. The van der Waals surface area contributed by atoms with Crippen molar-refractivity contribution < 1.29 is 4.79 Å². The molecule has 0 unspecified atom stereocenters. The molecule has 0 saturated carbocycles. The van der Waals surface area contributed by atoms with E-state index in [-0.39, 0.29) is 5.91 Å². The first-order chi connectivity index (χ1) is 9.88. The zero-order chi connectivity index (χ0) is 16.0. The second-order valence-electron chi connectivity index (χ2n) is 5.90. The maximum absolute atomic E-state index is 12.1. The van der Waals surface area contributed by atoms with E-state index in [2.05, 4.69) is 44.0 Å². The van der Waals surface area contributed by atoms with E-state index in [0.717, 1.165) is 24.3 Å². The molecule has 0 aliphatic rings. The minimum atomic E-state index is -0.452. The molecule has 1 atom stereocenters. The first-order valence-corrected chi connectivity index (χ1v) is 7.81. The summed E-state index contributed by atoms with van der Waals surface area (Å²) in [6.45, 7) is 12.4. The normalized spacial score (nSPS) is 12.3. The van der Waals surface area contributed by atoms with Gasteiger partial charge >= 0.3 is 0 Å². The van der Waals surface area contributed by atoms with Gasteiger partial charge in [0.15, 0.2) is 0 Å². The summed E-state index contributed by atoms with van der Waals surface area (Å²) in [7, 11) is 0. The SMILES string of the molecule is CCN(CC)c1ccc(NC(=O)[C@@H](N)CC(C)C)c(C)c1. The molecule has 4 heteroatoms. The van der Waals surface area contributed by atoms with E-state index in [4.69, 9.17) is 5.73 Å². The lowest BCUT2D eigenvalue weighted by Crippen LogP contribution is -2.36. The van der Waals surface area contributed by atoms with Crippen LogP contribution >= 0.6 is 0 Å². The molecule has 0 aliphatic heterocycles. The molecule has 1 aromatic carbocycles. The van der Waals surface area contributed by atoms with Crippen LogP contribution in [0.4, 0.5) is 11.4 Å². The van der Waals surface area contributed by atoms with Crippen LogP contribution in [0.1, 0.15) is 39.7 Å². The Balaban J connectivity index is 2.79. The standard InChI is InChI=1S/C17H29N3O/c1-6-20(7-2)14-8-9-16(13(5)11-14)19-17(21)15(18)10-12(3)4/h8-9,11-12,15H,6-7,10,18H2,1-5H3,(H,19,21)/t15-/m0/s1. The fourth-order valence-electron chi connectivity index (χ4n) is 2.41. The lowest BCUT2D eigenvalue weighted by Gasteiger charge is -2.22. The number of aryl methyl sites for hydroxylation is 1. The monoisotopic (exact) mass is 291 g/mol. The Kier molecular flexibility index (Phi) is 6.69. The zero-order valence-corrected chi connectivity index (χ0v) is 13.9. The molecule has 1 rings (SSSR count). The number of nitrogens with zero attached hydrogens (tertiary/aromatic N) is 1. The van der Waals surface area contributed by atoms with Gasteiger partial charge in [-0.2, -0.15) is 0 Å². The Morgan fingerprint density at radius 2 is 1.90 bits per heavy atom. The van der Waals surface area contributed by atoms with Crippen molar-refractivity contribution in [1.29, 1.82) is 0 Å². The highest BCUT2D eigenvalue weighted by molar-refractivity contribution is 5.95. The van der Waals surface area contributed by atoms with Gasteiger partial charge in [0.05, 0.1) is 6.04 Å². The Bertz CT molecular complexity index is 467. The van der Waals surface area contributed by atoms with Crippen molar-refractivity contribution in [2.24, 2.45) is 11.7 Å². The van der Waals surface area contributed by atoms with E-state index in [1.807, 2.05) is 19.1 Å². The smallest absolute Gasteiger partial charge is 0.241 e. The summed E-state index contributed by atoms with van der Waals surface area (Å²) in [5.41, 5.74) is 9.00. The van der Waals surface area contributed by atoms with Crippen LogP contribution in [-0.4, -0.2) is 25.0 Å². The highest BCUT2D eigenvalue weighted by Crippen LogP contribution is 2.23. The molecule has 0 aliphatic carbocycles. The summed E-state index contributed by atoms with van der Waals surface area (Å²) in [5, 5.41) is 2.94. The van der Waals surface area contributed by atoms with Gasteiger partial charge in [-0.15, -0.1) is 0 Å². The van der Waals surface area contributed by atoms with Gasteiger partial charge in [-0.25, -0.2) is 0 Å². The molecule has 1 aromatic rings. The number of rotatable bonds is 7. The Labute approximate surface area is 128 Å². The summed E-state index contributed by atoms with van der Waals surface area (Å²) in [6, 6.07) is 5.66. The minimum Gasteiger partial charge on any atom is -0.372 e. The number of amides is 1. The first-order valence-electron chi connectivity index (χ1n) is 7.81. The molecule has 0 aromatic heterocycles. The Morgan fingerprint density at radius 3 is 2.38 bits per heavy atom. The predicted octanol–water partition coefficient (Wildman–Crippen LogP) is 3.15. The lowest BCUT2D eigenvalue weighted by atomic mass is 10.0. The van der Waals surface area contributed by atoms with E-state index in [1.54, 1.807) is 0 Å². The molecule has 0 fully saturated rings. The van der Waals surface area contributed by atoms with E-state index in [9.17, 15) is 4.79 Å². The largest absolute Gasteiger partial charge is 0.372 e. The molecular weight excluding hydrogens is 262 g/mol. The second-order valence-corrected chi connectivity index (χ2v) is 5.90. The summed E-state index contributed by atoms with van der Waals surface area (Å²) >= 11 is 0. The van der Waals surface area contributed by atoms with Crippen LogP contribution in [0.25, 0.3) is 0 Å². The molecule has 0 bridgehead atoms. The zero-order valence-electron chi connectivity index (χ0n) is 13.9. The predicted molar refractivity (Wildman–Crippen MR) is 90.8 cm³/mol. The molecular formula is C17H29N3O. The van der Waals surface area contributed by atoms with E-state index in [0.29, 0.717) is 12.3 Å². The van der Waals surface area contributed by atoms with Gasteiger partial charge in [-0.1, -0.05) is 13.8 Å². The van der Waals surface area contributed by atoms with E-state index in [1.165, 1.54) is 5.69 Å². The topological polar surface area (TPSA) is 58.4 Å². The average molecular weight is 291 g/mol. The van der Waals surface area contributed by atoms with Crippen molar-refractivity contribution in [3.05, 3.63) is 23.8 Å². The second kappa shape index (κ2) is 8.03. The van der Waals surface area contributed by atoms with Crippen molar-refractivity contribution in [1.82, 2.24) is 0 Å². The molecule has 1 amide bonds. The molecule has 0 heterocycles. The molecule has 4 nitrogen and oxygen atoms in total. The average Bonchev–Trinajstić information content (AvgIpc) is 2.42. The maximum Gasteiger partial charge on any atom is 0.241 e. The number of hydrogen-bond acceptors (Lipinski definition) is 3. The van der Waals surface area contributed by atoms with Gasteiger partial charge in [-0.3, -0.25) is 4.79 Å². The van der Waals surface area contributed by atoms with Crippen LogP contribution in [-0.2, 0) is 4.79 Å². The van der Waals surface area contributed by atoms with E-state index >= 15 is 0 Å². The van der Waals surface area contributed by atoms with Gasteiger partial charge in [0, 0.05) is 24.5 Å². The minimum absolute atomic E-state index is 0.109.